The molecule has 0 saturated heterocycles. The van der Waals surface area contributed by atoms with E-state index in [2.05, 4.69) is 35.8 Å². The molecule has 9 nitrogen and oxygen atoms in total. The summed E-state index contributed by atoms with van der Waals surface area (Å²) in [4.78, 5) is 27.3. The van der Waals surface area contributed by atoms with Gasteiger partial charge in [0.15, 0.2) is 5.78 Å². The first-order valence-corrected chi connectivity index (χ1v) is 11.8. The van der Waals surface area contributed by atoms with Gasteiger partial charge in [-0.1, -0.05) is 47.1 Å². The molecule has 3 heterocycles. The van der Waals surface area contributed by atoms with Crippen LogP contribution in [0.3, 0.4) is 0 Å². The molecule has 1 atom stereocenters. The van der Waals surface area contributed by atoms with E-state index in [4.69, 9.17) is 4.74 Å². The third-order valence-electron chi connectivity index (χ3n) is 5.20. The fraction of sp³-hybridized carbons (Fsp3) is 0.520. The lowest BCUT2D eigenvalue weighted by Crippen LogP contribution is -2.26. The van der Waals surface area contributed by atoms with Crippen molar-refractivity contribution in [1.29, 1.82) is 0 Å². The van der Waals surface area contributed by atoms with Crippen LogP contribution in [0.5, 0.6) is 5.88 Å². The first-order chi connectivity index (χ1) is 16.3. The molecule has 0 spiro atoms. The van der Waals surface area contributed by atoms with Crippen LogP contribution in [0.2, 0.25) is 0 Å². The maximum absolute atomic E-state index is 13.1. The number of anilines is 2. The summed E-state index contributed by atoms with van der Waals surface area (Å²) in [6.45, 7) is 13.0. The molecule has 0 saturated carbocycles. The van der Waals surface area contributed by atoms with Gasteiger partial charge in [-0.25, -0.2) is 4.98 Å². The Bertz CT molecular complexity index is 1130. The van der Waals surface area contributed by atoms with E-state index in [-0.39, 0.29) is 17.4 Å². The lowest BCUT2D eigenvalue weighted by atomic mass is 10.1. The molecule has 0 aliphatic heterocycles. The van der Waals surface area contributed by atoms with E-state index in [1.807, 2.05) is 44.9 Å². The lowest BCUT2D eigenvalue weighted by molar-refractivity contribution is -0.112. The van der Waals surface area contributed by atoms with Crippen molar-refractivity contribution in [3.8, 4) is 5.88 Å². The quantitative estimate of drug-likeness (QED) is 0.433. The Kier molecular flexibility index (Phi) is 11.8. The number of hydrogen-bond acceptors (Lipinski definition) is 6. The Morgan fingerprint density at radius 1 is 1.24 bits per heavy atom. The highest BCUT2D eigenvalue weighted by atomic mass is 16.5. The molecule has 3 rings (SSSR count). The summed E-state index contributed by atoms with van der Waals surface area (Å²) >= 11 is 0. The third kappa shape index (κ3) is 7.07. The van der Waals surface area contributed by atoms with Gasteiger partial charge in [-0.3, -0.25) is 14.3 Å². The molecule has 3 aromatic heterocycles. The van der Waals surface area contributed by atoms with Gasteiger partial charge in [0.2, 0.25) is 0 Å². The van der Waals surface area contributed by atoms with Crippen molar-refractivity contribution >= 4 is 28.2 Å². The number of fused-ring (bicyclic) bond motifs is 1. The summed E-state index contributed by atoms with van der Waals surface area (Å²) in [7, 11) is 5.27. The number of rotatable bonds is 9. The molecular weight excluding hydrogens is 432 g/mol. The van der Waals surface area contributed by atoms with E-state index in [1.54, 1.807) is 22.7 Å². The molecule has 34 heavy (non-hydrogen) atoms. The first-order valence-electron chi connectivity index (χ1n) is 11.8. The minimum Gasteiger partial charge on any atom is -0.478 e. The number of carbonyl (C=O) groups excluding carboxylic acids is 1. The van der Waals surface area contributed by atoms with Crippen molar-refractivity contribution in [3.63, 3.8) is 0 Å². The van der Waals surface area contributed by atoms with E-state index in [0.717, 1.165) is 37.1 Å². The highest BCUT2D eigenvalue weighted by Crippen LogP contribution is 2.30. The summed E-state index contributed by atoms with van der Waals surface area (Å²) in [5.41, 5.74) is 2.75. The van der Waals surface area contributed by atoms with Gasteiger partial charge < -0.3 is 19.2 Å². The fourth-order valence-electron chi connectivity index (χ4n) is 3.45. The number of aromatic nitrogens is 5. The lowest BCUT2D eigenvalue weighted by Gasteiger charge is -2.20. The van der Waals surface area contributed by atoms with Crippen molar-refractivity contribution in [2.75, 3.05) is 12.4 Å². The number of carbonyl (C=O) groups is 1. The Labute approximate surface area is 202 Å². The number of hydrogen-bond donors (Lipinski definition) is 1. The largest absolute Gasteiger partial charge is 0.478 e. The van der Waals surface area contributed by atoms with Crippen LogP contribution in [0.15, 0.2) is 36.2 Å². The highest BCUT2D eigenvalue weighted by molar-refractivity contribution is 5.90. The second kappa shape index (κ2) is 14.0. The number of methoxy groups -OCH3 is 1. The predicted molar refractivity (Wildman–Crippen MR) is 139 cm³/mol. The number of imidazole rings is 1. The van der Waals surface area contributed by atoms with Gasteiger partial charge >= 0.3 is 0 Å². The van der Waals surface area contributed by atoms with Crippen LogP contribution in [0.4, 0.5) is 11.4 Å². The van der Waals surface area contributed by atoms with Gasteiger partial charge in [-0.15, -0.1) is 5.10 Å². The van der Waals surface area contributed by atoms with E-state index in [1.165, 1.54) is 13.0 Å². The number of nitrogens with zero attached hydrogens (tertiary/aromatic N) is 5. The Hall–Kier alpha value is -3.36. The van der Waals surface area contributed by atoms with Crippen molar-refractivity contribution in [1.82, 2.24) is 23.9 Å². The zero-order chi connectivity index (χ0) is 25.8. The second-order valence-electron chi connectivity index (χ2n) is 7.68. The molecule has 0 aliphatic carbocycles. The van der Waals surface area contributed by atoms with Gasteiger partial charge in [0.05, 0.1) is 25.3 Å². The van der Waals surface area contributed by atoms with Crippen molar-refractivity contribution in [2.24, 2.45) is 14.1 Å². The van der Waals surface area contributed by atoms with E-state index < -0.39 is 0 Å². The van der Waals surface area contributed by atoms with Crippen LogP contribution in [-0.2, 0) is 18.9 Å². The molecule has 0 bridgehead atoms. The van der Waals surface area contributed by atoms with Crippen LogP contribution >= 0.6 is 0 Å². The number of nitrogens with one attached hydrogen (secondary N) is 1. The standard InChI is InChI=1S/C19H28N6O2.C4H6O.C2H6/c1-6-8-9-13(7-2)25-11-14(16-17(19(25)26)23(3)12-20-16)21-15-10-24(4)22-18(15)27-5;1-3-4(2)5;1-2/h10-13,21H,6-9H2,1-5H3;3H,1H2,2H3;1-2H3. The van der Waals surface area contributed by atoms with Crippen molar-refractivity contribution in [2.45, 2.75) is 66.3 Å². The summed E-state index contributed by atoms with van der Waals surface area (Å²) < 4.78 is 10.7. The number of allylic oxidation sites excluding steroid dienone is 1. The molecular formula is C25H40N6O3. The minimum absolute atomic E-state index is 0.00310. The maximum Gasteiger partial charge on any atom is 0.277 e. The number of unbranched alkanes of at least 4 members (excludes halogenated alkanes) is 1. The summed E-state index contributed by atoms with van der Waals surface area (Å²) in [5.74, 6) is 0.516. The van der Waals surface area contributed by atoms with E-state index in [9.17, 15) is 9.59 Å². The SMILES string of the molecule is C=CC(C)=O.CC.CCCCC(CC)n1cc(Nc2cn(C)nc2OC)c2ncn(C)c2c1=O. The third-order valence-corrected chi connectivity index (χ3v) is 5.20. The molecule has 3 aromatic rings. The second-order valence-corrected chi connectivity index (χ2v) is 7.68. The van der Waals surface area contributed by atoms with Crippen LogP contribution in [0, 0.1) is 0 Å². The maximum atomic E-state index is 13.1. The molecule has 1 N–H and O–H groups in total. The van der Waals surface area contributed by atoms with Crippen LogP contribution in [-0.4, -0.2) is 36.8 Å². The highest BCUT2D eigenvalue weighted by Gasteiger charge is 2.19. The van der Waals surface area contributed by atoms with Gasteiger partial charge in [0, 0.05) is 26.3 Å². The molecule has 0 fully saturated rings. The van der Waals surface area contributed by atoms with Crippen molar-refractivity contribution < 1.29 is 9.53 Å². The summed E-state index contributed by atoms with van der Waals surface area (Å²) in [6.07, 6.45) is 10.8. The summed E-state index contributed by atoms with van der Waals surface area (Å²) in [5, 5.41) is 7.64. The number of pyridine rings is 1. The zero-order valence-corrected chi connectivity index (χ0v) is 21.9. The number of ether oxygens (including phenoxy) is 1. The first kappa shape index (κ1) is 28.7. The minimum atomic E-state index is -0.00310. The van der Waals surface area contributed by atoms with Crippen LogP contribution in [0.25, 0.3) is 11.0 Å². The molecule has 188 valence electrons. The molecule has 0 amide bonds. The number of ketones is 1. The molecule has 1 unspecified atom stereocenters. The van der Waals surface area contributed by atoms with E-state index in [0.29, 0.717) is 16.9 Å². The van der Waals surface area contributed by atoms with E-state index >= 15 is 0 Å². The number of aryl methyl sites for hydroxylation is 2. The van der Waals surface area contributed by atoms with Gasteiger partial charge in [-0.05, 0) is 25.8 Å². The molecule has 0 radical (unpaired) electrons. The van der Waals surface area contributed by atoms with Gasteiger partial charge in [0.1, 0.15) is 16.7 Å². The molecule has 9 heteroatoms. The zero-order valence-electron chi connectivity index (χ0n) is 21.9. The topological polar surface area (TPSA) is 96.0 Å². The summed E-state index contributed by atoms with van der Waals surface area (Å²) in [6, 6.07) is 0.160. The predicted octanol–water partition coefficient (Wildman–Crippen LogP) is 5.15. The average molecular weight is 473 g/mol. The monoisotopic (exact) mass is 472 g/mol. The van der Waals surface area contributed by atoms with Gasteiger partial charge in [0.25, 0.3) is 11.4 Å². The van der Waals surface area contributed by atoms with Crippen molar-refractivity contribution in [3.05, 3.63) is 41.7 Å². The normalized spacial score (nSPS) is 11.1. The fourth-order valence-corrected chi connectivity index (χ4v) is 3.45. The molecule has 0 aliphatic rings. The molecule has 0 aromatic carbocycles. The van der Waals surface area contributed by atoms with Gasteiger partial charge in [-0.2, -0.15) is 0 Å². The smallest absolute Gasteiger partial charge is 0.277 e. The Balaban J connectivity index is 0.000000733. The van der Waals surface area contributed by atoms with Crippen LogP contribution in [0.1, 0.15) is 66.3 Å². The Morgan fingerprint density at radius 2 is 1.88 bits per heavy atom. The van der Waals surface area contributed by atoms with Crippen LogP contribution < -0.4 is 15.6 Å². The Morgan fingerprint density at radius 3 is 2.41 bits per heavy atom. The average Bonchev–Trinajstić information content (AvgIpc) is 3.40.